The SMILES string of the molecule is COC(=O)OCOc1c2n(ccc1=O)N(C1c3cc(F)c(F)cc3CSc3ccccc31)[C@@H]1[C@H]3C[C@@H]4CC[C@@]3(CCN1C2=O)O4. The number of hydrogen-bond acceptors (Lipinski definition) is 9. The van der Waals surface area contributed by atoms with E-state index in [-0.39, 0.29) is 23.5 Å². The predicted octanol–water partition coefficient (Wildman–Crippen LogP) is 4.70. The van der Waals surface area contributed by atoms with Crippen molar-refractivity contribution in [3.63, 3.8) is 0 Å². The number of nitrogens with zero attached hydrogens (tertiary/aromatic N) is 3. The zero-order valence-corrected chi connectivity index (χ0v) is 25.1. The number of aromatic nitrogens is 1. The molecule has 1 spiro atoms. The third-order valence-electron chi connectivity index (χ3n) is 9.84. The van der Waals surface area contributed by atoms with E-state index in [2.05, 4.69) is 4.74 Å². The monoisotopic (exact) mass is 637 g/mol. The molecule has 3 aromatic rings. The Labute approximate surface area is 260 Å². The minimum absolute atomic E-state index is 0.0502. The van der Waals surface area contributed by atoms with E-state index in [4.69, 9.17) is 14.2 Å². The molecule has 0 N–H and O–H groups in total. The van der Waals surface area contributed by atoms with Gasteiger partial charge in [0.2, 0.25) is 18.0 Å². The number of amides is 1. The summed E-state index contributed by atoms with van der Waals surface area (Å²) in [6, 6.07) is 10.9. The number of pyridine rings is 1. The molecule has 3 saturated heterocycles. The van der Waals surface area contributed by atoms with Gasteiger partial charge in [-0.15, -0.1) is 11.8 Å². The van der Waals surface area contributed by atoms with Crippen LogP contribution >= 0.6 is 11.8 Å². The van der Waals surface area contributed by atoms with E-state index in [0.717, 1.165) is 36.8 Å². The second kappa shape index (κ2) is 10.5. The molecule has 2 aromatic carbocycles. The van der Waals surface area contributed by atoms with Crippen molar-refractivity contribution in [3.05, 3.63) is 92.9 Å². The first-order chi connectivity index (χ1) is 21.8. The summed E-state index contributed by atoms with van der Waals surface area (Å²) >= 11 is 1.53. The molecule has 6 heterocycles. The van der Waals surface area contributed by atoms with E-state index in [1.807, 2.05) is 29.3 Å². The zero-order valence-electron chi connectivity index (χ0n) is 24.2. The molecule has 0 radical (unpaired) electrons. The van der Waals surface area contributed by atoms with E-state index >= 15 is 4.39 Å². The van der Waals surface area contributed by atoms with Gasteiger partial charge in [-0.05, 0) is 60.6 Å². The quantitative estimate of drug-likeness (QED) is 0.298. The van der Waals surface area contributed by atoms with Gasteiger partial charge in [0.25, 0.3) is 5.91 Å². The number of benzene rings is 2. The summed E-state index contributed by atoms with van der Waals surface area (Å²) in [5.74, 6) is -2.28. The summed E-state index contributed by atoms with van der Waals surface area (Å²) in [5.41, 5.74) is 1.000. The van der Waals surface area contributed by atoms with Crippen LogP contribution in [0.4, 0.5) is 13.6 Å². The standard InChI is InChI=1S/C32H29F2N3O7S/c1-41-31(40)43-16-42-28-24(38)7-10-36-27(28)30(39)35-11-9-32-8-6-18(44-32)13-21(32)29(35)37(36)26-19-4-2-3-5-25(19)45-15-17-12-22(33)23(34)14-20(17)26/h2-5,7,10,12,14,18,21,26,29H,6,8-9,11,13,15-16H2,1H3/t18-,21+,26?,29+,32-/m0/s1. The molecule has 0 saturated carbocycles. The van der Waals surface area contributed by atoms with Crippen molar-refractivity contribution in [1.29, 1.82) is 0 Å². The largest absolute Gasteiger partial charge is 0.510 e. The highest BCUT2D eigenvalue weighted by Gasteiger charge is 2.63. The number of hydrogen-bond donors (Lipinski definition) is 0. The molecule has 1 amide bonds. The Kier molecular flexibility index (Phi) is 6.61. The van der Waals surface area contributed by atoms with E-state index in [0.29, 0.717) is 29.8 Å². The maximum absolute atomic E-state index is 15.1. The number of halogens is 2. The number of ether oxygens (including phenoxy) is 4. The molecule has 5 atom stereocenters. The Morgan fingerprint density at radius 1 is 1.11 bits per heavy atom. The molecular weight excluding hydrogens is 608 g/mol. The highest BCUT2D eigenvalue weighted by Crippen LogP contribution is 2.57. The molecule has 8 rings (SSSR count). The second-order valence-corrected chi connectivity index (χ2v) is 13.0. The van der Waals surface area contributed by atoms with Crippen LogP contribution in [0.15, 0.2) is 58.4 Å². The minimum atomic E-state index is -1.01. The fraction of sp³-hybridized carbons (Fsp3) is 0.406. The van der Waals surface area contributed by atoms with Gasteiger partial charge in [-0.25, -0.2) is 13.6 Å². The van der Waals surface area contributed by atoms with Crippen LogP contribution in [0.3, 0.4) is 0 Å². The van der Waals surface area contributed by atoms with Gasteiger partial charge < -0.3 is 23.8 Å². The van der Waals surface area contributed by atoms with Gasteiger partial charge in [-0.1, -0.05) is 18.2 Å². The maximum Gasteiger partial charge on any atom is 0.510 e. The zero-order chi connectivity index (χ0) is 31.0. The van der Waals surface area contributed by atoms with Crippen LogP contribution in [-0.4, -0.2) is 60.0 Å². The maximum atomic E-state index is 15.1. The molecule has 3 fully saturated rings. The Hall–Kier alpha value is -4.10. The van der Waals surface area contributed by atoms with Gasteiger partial charge in [0.15, 0.2) is 17.3 Å². The lowest BCUT2D eigenvalue weighted by Crippen LogP contribution is -2.70. The number of carbonyl (C=O) groups is 2. The van der Waals surface area contributed by atoms with Gasteiger partial charge in [0, 0.05) is 35.4 Å². The highest BCUT2D eigenvalue weighted by atomic mass is 32.2. The molecule has 0 aliphatic carbocycles. The normalized spacial score (nSPS) is 27.5. The van der Waals surface area contributed by atoms with Crippen LogP contribution in [0.1, 0.15) is 58.9 Å². The van der Waals surface area contributed by atoms with Crippen LogP contribution in [0, 0.1) is 17.6 Å². The van der Waals surface area contributed by atoms with Crippen molar-refractivity contribution in [1.82, 2.24) is 9.58 Å². The summed E-state index contributed by atoms with van der Waals surface area (Å²) in [5, 5.41) is 2.01. The second-order valence-electron chi connectivity index (χ2n) is 12.0. The van der Waals surface area contributed by atoms with E-state index in [1.165, 1.54) is 36.2 Å². The highest BCUT2D eigenvalue weighted by molar-refractivity contribution is 7.98. The van der Waals surface area contributed by atoms with Gasteiger partial charge in [0.05, 0.1) is 24.9 Å². The Bertz CT molecular complexity index is 1800. The van der Waals surface area contributed by atoms with Crippen molar-refractivity contribution in [2.24, 2.45) is 5.92 Å². The number of piperidine rings is 1. The van der Waals surface area contributed by atoms with Crippen LogP contribution in [-0.2, 0) is 20.0 Å². The molecule has 13 heteroatoms. The average molecular weight is 638 g/mol. The first-order valence-corrected chi connectivity index (χ1v) is 15.8. The molecule has 234 valence electrons. The average Bonchev–Trinajstić information content (AvgIpc) is 3.58. The van der Waals surface area contributed by atoms with Gasteiger partial charge in [-0.2, -0.15) is 0 Å². The van der Waals surface area contributed by atoms with Crippen molar-refractivity contribution in [3.8, 4) is 5.75 Å². The molecule has 45 heavy (non-hydrogen) atoms. The molecule has 10 nitrogen and oxygen atoms in total. The number of methoxy groups -OCH3 is 1. The van der Waals surface area contributed by atoms with Gasteiger partial charge >= 0.3 is 6.16 Å². The van der Waals surface area contributed by atoms with Crippen LogP contribution in [0.25, 0.3) is 0 Å². The molecule has 5 aliphatic heterocycles. The van der Waals surface area contributed by atoms with Crippen LogP contribution < -0.4 is 15.2 Å². The van der Waals surface area contributed by atoms with Gasteiger partial charge in [-0.3, -0.25) is 19.3 Å². The molecule has 1 unspecified atom stereocenters. The molecule has 5 aliphatic rings. The number of fused-ring (bicyclic) bond motifs is 6. The molecule has 2 bridgehead atoms. The first-order valence-electron chi connectivity index (χ1n) is 14.9. The van der Waals surface area contributed by atoms with Crippen molar-refractivity contribution < 1.29 is 37.3 Å². The fourth-order valence-corrected chi connectivity index (χ4v) is 9.05. The lowest BCUT2D eigenvalue weighted by atomic mass is 9.71. The lowest BCUT2D eigenvalue weighted by molar-refractivity contribution is -0.0758. The predicted molar refractivity (Wildman–Crippen MR) is 156 cm³/mol. The number of rotatable bonds is 4. The summed E-state index contributed by atoms with van der Waals surface area (Å²) in [6.45, 7) is -0.300. The van der Waals surface area contributed by atoms with E-state index < -0.39 is 53.7 Å². The summed E-state index contributed by atoms with van der Waals surface area (Å²) < 4.78 is 53.1. The fourth-order valence-electron chi connectivity index (χ4n) is 7.96. The van der Waals surface area contributed by atoms with Crippen molar-refractivity contribution in [2.45, 2.75) is 60.2 Å². The van der Waals surface area contributed by atoms with Gasteiger partial charge in [0.1, 0.15) is 6.17 Å². The smallest absolute Gasteiger partial charge is 0.451 e. The first kappa shape index (κ1) is 28.4. The summed E-state index contributed by atoms with van der Waals surface area (Å²) in [4.78, 5) is 42.0. The van der Waals surface area contributed by atoms with E-state index in [9.17, 15) is 18.8 Å². The molecule has 1 aromatic heterocycles. The lowest BCUT2D eigenvalue weighted by Gasteiger charge is -2.57. The Balaban J connectivity index is 1.37. The van der Waals surface area contributed by atoms with E-state index in [1.54, 1.807) is 9.58 Å². The summed E-state index contributed by atoms with van der Waals surface area (Å²) in [6.07, 6.45) is 3.26. The van der Waals surface area contributed by atoms with Crippen LogP contribution in [0.2, 0.25) is 0 Å². The Morgan fingerprint density at radius 2 is 1.93 bits per heavy atom. The van der Waals surface area contributed by atoms with Crippen molar-refractivity contribution in [2.75, 3.05) is 25.5 Å². The molecular formula is C32H29F2N3O7S. The minimum Gasteiger partial charge on any atom is -0.451 e. The third kappa shape index (κ3) is 4.27. The van der Waals surface area contributed by atoms with Crippen molar-refractivity contribution >= 4 is 23.8 Å². The third-order valence-corrected chi connectivity index (χ3v) is 11.0. The topological polar surface area (TPSA) is 99.5 Å². The number of thioether (sulfide) groups is 1. The van der Waals surface area contributed by atoms with Crippen LogP contribution in [0.5, 0.6) is 5.75 Å². The summed E-state index contributed by atoms with van der Waals surface area (Å²) in [7, 11) is 1.14. The Morgan fingerprint density at radius 3 is 2.76 bits per heavy atom. The number of carbonyl (C=O) groups excluding carboxylic acids is 2.